The number of hydrogen-bond acceptors (Lipinski definition) is 6. The molecule has 7 heteroatoms. The second-order valence-corrected chi connectivity index (χ2v) is 14.6. The highest BCUT2D eigenvalue weighted by molar-refractivity contribution is 5.85. The molecule has 0 bridgehead atoms. The maximum Gasteiger partial charge on any atom is 0.305 e. The molecule has 0 spiro atoms. The molecule has 298 valence electrons. The number of nitrogens with zero attached hydrogens (tertiary/aromatic N) is 2. The summed E-state index contributed by atoms with van der Waals surface area (Å²) in [4.78, 5) is 17.2. The molecule has 1 saturated heterocycles. The summed E-state index contributed by atoms with van der Waals surface area (Å²) >= 11 is 0. The summed E-state index contributed by atoms with van der Waals surface area (Å²) in [6, 6.07) is 0. The first kappa shape index (κ1) is 51.2. The molecule has 0 aromatic rings. The number of β-amino-alcohol motifs (C(OH)–C–C–N with tert-alkyl or cyclic N) is 1. The van der Waals surface area contributed by atoms with E-state index in [1.54, 1.807) is 0 Å². The van der Waals surface area contributed by atoms with E-state index in [0.717, 1.165) is 45.4 Å². The van der Waals surface area contributed by atoms with Crippen LogP contribution in [0.5, 0.6) is 0 Å². The average molecular weight is 729 g/mol. The Morgan fingerprint density at radius 1 is 0.580 bits per heavy atom. The predicted octanol–water partition coefficient (Wildman–Crippen LogP) is 12.5. The van der Waals surface area contributed by atoms with E-state index in [4.69, 9.17) is 4.74 Å². The fourth-order valence-corrected chi connectivity index (χ4v) is 7.06. The van der Waals surface area contributed by atoms with Crippen LogP contribution in [0.1, 0.15) is 200 Å². The van der Waals surface area contributed by atoms with Gasteiger partial charge >= 0.3 is 5.97 Å². The maximum atomic E-state index is 12.3. The van der Waals surface area contributed by atoms with Crippen LogP contribution in [0, 0.1) is 0 Å². The first-order valence-electron chi connectivity index (χ1n) is 21.3. The van der Waals surface area contributed by atoms with E-state index in [-0.39, 0.29) is 31.1 Å². The minimum absolute atomic E-state index is 0. The lowest BCUT2D eigenvalue weighted by Crippen LogP contribution is -2.41. The van der Waals surface area contributed by atoms with Gasteiger partial charge in [0.15, 0.2) is 0 Å². The normalized spacial score (nSPS) is 15.2. The summed E-state index contributed by atoms with van der Waals surface area (Å²) in [7, 11) is 0. The van der Waals surface area contributed by atoms with Crippen LogP contribution in [0.3, 0.4) is 0 Å². The highest BCUT2D eigenvalue weighted by atomic mass is 35.5. The van der Waals surface area contributed by atoms with Crippen molar-refractivity contribution in [2.24, 2.45) is 0 Å². The van der Waals surface area contributed by atoms with E-state index >= 15 is 0 Å². The quantitative estimate of drug-likeness (QED) is 0.0379. The molecule has 0 aromatic heterocycles. The smallest absolute Gasteiger partial charge is 0.305 e. The summed E-state index contributed by atoms with van der Waals surface area (Å²) in [5.74, 6) is -0.0381. The molecule has 6 nitrogen and oxygen atoms in total. The van der Waals surface area contributed by atoms with Crippen LogP contribution >= 0.6 is 12.4 Å². The Bertz CT molecular complexity index is 751. The third-order valence-electron chi connectivity index (χ3n) is 10.2. The zero-order valence-electron chi connectivity index (χ0n) is 33.4. The van der Waals surface area contributed by atoms with E-state index in [0.29, 0.717) is 19.2 Å². The van der Waals surface area contributed by atoms with E-state index < -0.39 is 0 Å². The van der Waals surface area contributed by atoms with Crippen molar-refractivity contribution in [1.82, 2.24) is 16.0 Å². The van der Waals surface area contributed by atoms with Crippen molar-refractivity contribution in [3.05, 3.63) is 24.3 Å². The van der Waals surface area contributed by atoms with Gasteiger partial charge in [-0.1, -0.05) is 154 Å². The van der Waals surface area contributed by atoms with Crippen molar-refractivity contribution in [3.63, 3.8) is 0 Å². The molecule has 1 heterocycles. The SMILES string of the molecule is CCCCCCCC/C=C\CCCCCCCCC1N(CCO)CCN1CCOC(=O)CCCCCCC/C=C\CCCCCCCC.Cl.N. The first-order valence-corrected chi connectivity index (χ1v) is 21.3. The van der Waals surface area contributed by atoms with E-state index in [1.807, 2.05) is 0 Å². The molecule has 1 fully saturated rings. The molecule has 1 aliphatic heterocycles. The number of aliphatic hydroxyl groups excluding tert-OH is 1. The van der Waals surface area contributed by atoms with Gasteiger partial charge < -0.3 is 16.0 Å². The van der Waals surface area contributed by atoms with Crippen LogP contribution in [0.2, 0.25) is 0 Å². The van der Waals surface area contributed by atoms with Crippen molar-refractivity contribution < 1.29 is 14.6 Å². The fraction of sp³-hybridized carbons (Fsp3) is 0.884. The number of ether oxygens (including phenoxy) is 1. The number of rotatable bonds is 36. The van der Waals surface area contributed by atoms with E-state index in [1.165, 1.54) is 161 Å². The molecule has 0 amide bonds. The number of allylic oxidation sites excluding steroid dienone is 4. The summed E-state index contributed by atoms with van der Waals surface area (Å²) in [6.45, 7) is 8.80. The lowest BCUT2D eigenvalue weighted by molar-refractivity contribution is -0.144. The summed E-state index contributed by atoms with van der Waals surface area (Å²) in [5.41, 5.74) is 0. The number of carbonyl (C=O) groups is 1. The van der Waals surface area contributed by atoms with Crippen molar-refractivity contribution in [3.8, 4) is 0 Å². The van der Waals surface area contributed by atoms with Gasteiger partial charge in [0.25, 0.3) is 0 Å². The van der Waals surface area contributed by atoms with Crippen LogP contribution in [0.25, 0.3) is 0 Å². The third kappa shape index (κ3) is 31.8. The number of hydrogen-bond donors (Lipinski definition) is 2. The lowest BCUT2D eigenvalue weighted by Gasteiger charge is -2.30. The zero-order chi connectivity index (χ0) is 34.6. The predicted molar refractivity (Wildman–Crippen MR) is 221 cm³/mol. The van der Waals surface area contributed by atoms with Gasteiger partial charge in [0.05, 0.1) is 12.8 Å². The molecule has 50 heavy (non-hydrogen) atoms. The molecular weight excluding hydrogens is 642 g/mol. The molecule has 0 aliphatic carbocycles. The van der Waals surface area contributed by atoms with Gasteiger partial charge in [-0.15, -0.1) is 12.4 Å². The van der Waals surface area contributed by atoms with Gasteiger partial charge in [0, 0.05) is 32.6 Å². The minimum atomic E-state index is -0.0381. The van der Waals surface area contributed by atoms with Crippen LogP contribution in [0.15, 0.2) is 24.3 Å². The Balaban J connectivity index is 0. The Morgan fingerprint density at radius 2 is 0.960 bits per heavy atom. The molecule has 4 N–H and O–H groups in total. The van der Waals surface area contributed by atoms with Crippen molar-refractivity contribution in [1.29, 1.82) is 0 Å². The monoisotopic (exact) mass is 728 g/mol. The van der Waals surface area contributed by atoms with Crippen molar-refractivity contribution in [2.45, 2.75) is 206 Å². The number of esters is 1. The minimum Gasteiger partial charge on any atom is -0.464 e. The second-order valence-electron chi connectivity index (χ2n) is 14.6. The van der Waals surface area contributed by atoms with Crippen LogP contribution < -0.4 is 6.15 Å². The Labute approximate surface area is 318 Å². The average Bonchev–Trinajstić information content (AvgIpc) is 3.47. The van der Waals surface area contributed by atoms with E-state index in [2.05, 4.69) is 48.0 Å². The molecule has 1 rings (SSSR count). The Hall–Kier alpha value is -0.920. The van der Waals surface area contributed by atoms with Gasteiger partial charge in [0.1, 0.15) is 6.61 Å². The summed E-state index contributed by atoms with van der Waals surface area (Å²) in [6.07, 6.45) is 46.8. The lowest BCUT2D eigenvalue weighted by atomic mass is 10.1. The topological polar surface area (TPSA) is 88.0 Å². The zero-order valence-corrected chi connectivity index (χ0v) is 34.2. The van der Waals surface area contributed by atoms with Crippen LogP contribution in [-0.4, -0.2) is 66.4 Å². The molecule has 1 aliphatic rings. The van der Waals surface area contributed by atoms with Crippen LogP contribution in [-0.2, 0) is 9.53 Å². The van der Waals surface area contributed by atoms with Gasteiger partial charge in [-0.05, 0) is 64.2 Å². The molecule has 0 aromatic carbocycles. The van der Waals surface area contributed by atoms with Crippen LogP contribution in [0.4, 0.5) is 0 Å². The maximum absolute atomic E-state index is 12.3. The van der Waals surface area contributed by atoms with Crippen molar-refractivity contribution >= 4 is 18.4 Å². The van der Waals surface area contributed by atoms with Gasteiger partial charge in [0.2, 0.25) is 0 Å². The molecule has 0 radical (unpaired) electrons. The molecule has 0 saturated carbocycles. The second kappa shape index (κ2) is 40.8. The number of halogens is 1. The standard InChI is InChI=1S/C43H82N2O3.ClH.H3N/c1-3-5-7-9-11-13-15-17-19-21-22-24-26-28-30-32-34-42-44(38-40-46)36-37-45(42)39-41-48-43(47)35-33-31-29-27-25-23-20-18-16-14-12-10-8-6-4-2;;/h17-20,42,46H,3-16,21-41H2,1-2H3;1H;1H3/b19-17-,20-18-;;. The molecule has 1 atom stereocenters. The Morgan fingerprint density at radius 3 is 1.40 bits per heavy atom. The Kier molecular flexibility index (Phi) is 41.8. The first-order chi connectivity index (χ1) is 23.7. The highest BCUT2D eigenvalue weighted by Gasteiger charge is 2.30. The van der Waals surface area contributed by atoms with Gasteiger partial charge in [-0.25, -0.2) is 0 Å². The number of carbonyl (C=O) groups excluding carboxylic acids is 1. The highest BCUT2D eigenvalue weighted by Crippen LogP contribution is 2.21. The number of aliphatic hydroxyl groups is 1. The molecule has 1 unspecified atom stereocenters. The summed E-state index contributed by atoms with van der Waals surface area (Å²) < 4.78 is 5.64. The fourth-order valence-electron chi connectivity index (χ4n) is 7.06. The largest absolute Gasteiger partial charge is 0.464 e. The third-order valence-corrected chi connectivity index (χ3v) is 10.2. The number of unbranched alkanes of at least 4 members (excludes halogenated alkanes) is 23. The van der Waals surface area contributed by atoms with E-state index in [9.17, 15) is 9.90 Å². The summed E-state index contributed by atoms with van der Waals surface area (Å²) in [5, 5.41) is 9.59. The molecular formula is C43H86ClN3O3. The van der Waals surface area contributed by atoms with Gasteiger partial charge in [-0.3, -0.25) is 14.6 Å². The van der Waals surface area contributed by atoms with Gasteiger partial charge in [-0.2, -0.15) is 0 Å². The van der Waals surface area contributed by atoms with Crippen molar-refractivity contribution in [2.75, 3.05) is 39.4 Å².